The van der Waals surface area contributed by atoms with Crippen molar-refractivity contribution in [1.29, 1.82) is 0 Å². The summed E-state index contributed by atoms with van der Waals surface area (Å²) >= 11 is 0. The Kier molecular flexibility index (Phi) is 2.40. The average molecular weight is 184 g/mol. The van der Waals surface area contributed by atoms with Gasteiger partial charge in [-0.15, -0.1) is 0 Å². The molecule has 1 atom stereocenters. The van der Waals surface area contributed by atoms with E-state index in [0.29, 0.717) is 12.8 Å². The first kappa shape index (κ1) is 9.77. The van der Waals surface area contributed by atoms with Gasteiger partial charge in [0.1, 0.15) is 0 Å². The number of allylic oxidation sites excluding steroid dienone is 1. The van der Waals surface area contributed by atoms with Gasteiger partial charge in [-0.2, -0.15) is 0 Å². The zero-order valence-electron chi connectivity index (χ0n) is 7.41. The number of aliphatic carboxylic acids is 2. The Morgan fingerprint density at radius 3 is 2.54 bits per heavy atom. The van der Waals surface area contributed by atoms with Gasteiger partial charge < -0.3 is 10.2 Å². The Bertz CT molecular complexity index is 279. The highest BCUT2D eigenvalue weighted by molar-refractivity contribution is 5.88. The maximum absolute atomic E-state index is 10.8. The summed E-state index contributed by atoms with van der Waals surface area (Å²) in [4.78, 5) is 21.4. The van der Waals surface area contributed by atoms with Gasteiger partial charge in [0.2, 0.25) is 0 Å². The monoisotopic (exact) mass is 184 g/mol. The lowest BCUT2D eigenvalue weighted by molar-refractivity contribution is -0.148. The molecule has 0 fully saturated rings. The maximum Gasteiger partial charge on any atom is 0.331 e. The molecule has 72 valence electrons. The molecule has 4 heteroatoms. The van der Waals surface area contributed by atoms with Crippen LogP contribution in [0.5, 0.6) is 0 Å². The van der Waals surface area contributed by atoms with Crippen LogP contribution in [0.2, 0.25) is 0 Å². The highest BCUT2D eigenvalue weighted by Gasteiger charge is 2.37. The van der Waals surface area contributed by atoms with E-state index in [0.717, 1.165) is 0 Å². The maximum atomic E-state index is 10.8. The summed E-state index contributed by atoms with van der Waals surface area (Å²) in [6.45, 7) is 1.59. The summed E-state index contributed by atoms with van der Waals surface area (Å²) < 4.78 is 0. The zero-order valence-corrected chi connectivity index (χ0v) is 7.41. The minimum atomic E-state index is -1.01. The average Bonchev–Trinajstić information content (AvgIpc) is 2.04. The largest absolute Gasteiger partial charge is 0.481 e. The van der Waals surface area contributed by atoms with Gasteiger partial charge in [0.15, 0.2) is 0 Å². The minimum Gasteiger partial charge on any atom is -0.481 e. The molecule has 13 heavy (non-hydrogen) atoms. The first-order chi connectivity index (χ1) is 5.96. The molecule has 0 aromatic heterocycles. The van der Waals surface area contributed by atoms with Gasteiger partial charge in [-0.25, -0.2) is 4.79 Å². The quantitative estimate of drug-likeness (QED) is 0.677. The van der Waals surface area contributed by atoms with Crippen LogP contribution in [0.15, 0.2) is 11.6 Å². The highest BCUT2D eigenvalue weighted by Crippen LogP contribution is 2.35. The van der Waals surface area contributed by atoms with Crippen LogP contribution in [0.25, 0.3) is 0 Å². The summed E-state index contributed by atoms with van der Waals surface area (Å²) in [7, 11) is 0. The van der Waals surface area contributed by atoms with E-state index in [2.05, 4.69) is 0 Å². The molecular weight excluding hydrogens is 172 g/mol. The van der Waals surface area contributed by atoms with E-state index in [4.69, 9.17) is 10.2 Å². The fourth-order valence-electron chi connectivity index (χ4n) is 1.49. The number of carbonyl (C=O) groups is 2. The molecule has 4 nitrogen and oxygen atoms in total. The van der Waals surface area contributed by atoms with E-state index in [9.17, 15) is 9.59 Å². The molecule has 0 bridgehead atoms. The number of hydrogen-bond donors (Lipinski definition) is 2. The van der Waals surface area contributed by atoms with Crippen molar-refractivity contribution in [2.45, 2.75) is 26.2 Å². The van der Waals surface area contributed by atoms with E-state index >= 15 is 0 Å². The lowest BCUT2D eigenvalue weighted by Crippen LogP contribution is -2.31. The Morgan fingerprint density at radius 2 is 2.08 bits per heavy atom. The van der Waals surface area contributed by atoms with Crippen LogP contribution in [0, 0.1) is 5.41 Å². The Morgan fingerprint density at radius 1 is 1.46 bits per heavy atom. The van der Waals surface area contributed by atoms with Gasteiger partial charge in [-0.3, -0.25) is 4.79 Å². The topological polar surface area (TPSA) is 74.6 Å². The highest BCUT2D eigenvalue weighted by atomic mass is 16.4. The van der Waals surface area contributed by atoms with Crippen molar-refractivity contribution in [2.24, 2.45) is 5.41 Å². The second kappa shape index (κ2) is 3.20. The van der Waals surface area contributed by atoms with E-state index < -0.39 is 17.4 Å². The molecule has 0 aromatic carbocycles. The Hall–Kier alpha value is -1.32. The molecular formula is C9H12O4. The molecule has 0 saturated heterocycles. The van der Waals surface area contributed by atoms with E-state index in [1.54, 1.807) is 13.0 Å². The van der Waals surface area contributed by atoms with Gasteiger partial charge in [0.05, 0.1) is 5.41 Å². The van der Waals surface area contributed by atoms with Gasteiger partial charge in [-0.05, 0) is 26.2 Å². The number of carboxylic acids is 2. The molecule has 0 amide bonds. The molecule has 1 aliphatic carbocycles. The first-order valence-corrected chi connectivity index (χ1v) is 4.11. The van der Waals surface area contributed by atoms with Crippen molar-refractivity contribution >= 4 is 11.9 Å². The number of rotatable bonds is 2. The lowest BCUT2D eigenvalue weighted by Gasteiger charge is -2.27. The van der Waals surface area contributed by atoms with Crippen molar-refractivity contribution < 1.29 is 19.8 Å². The van der Waals surface area contributed by atoms with Crippen molar-refractivity contribution in [3.8, 4) is 0 Å². The zero-order chi connectivity index (χ0) is 10.1. The van der Waals surface area contributed by atoms with Crippen molar-refractivity contribution in [2.75, 3.05) is 0 Å². The van der Waals surface area contributed by atoms with Crippen LogP contribution >= 0.6 is 0 Å². The van der Waals surface area contributed by atoms with Crippen LogP contribution in [-0.2, 0) is 9.59 Å². The third-order valence-electron chi connectivity index (χ3n) is 2.46. The number of carboxylic acid groups (broad SMARTS) is 2. The van der Waals surface area contributed by atoms with Crippen molar-refractivity contribution in [3.63, 3.8) is 0 Å². The molecule has 0 saturated carbocycles. The Balaban J connectivity index is 2.84. The van der Waals surface area contributed by atoms with E-state index in [-0.39, 0.29) is 12.0 Å². The molecule has 2 N–H and O–H groups in total. The van der Waals surface area contributed by atoms with Crippen LogP contribution in [0.3, 0.4) is 0 Å². The Labute approximate surface area is 75.9 Å². The molecule has 0 radical (unpaired) electrons. The molecule has 1 rings (SSSR count). The summed E-state index contributed by atoms with van der Waals surface area (Å²) in [5.74, 6) is -1.92. The molecule has 0 aliphatic heterocycles. The summed E-state index contributed by atoms with van der Waals surface area (Å²) in [6.07, 6.45) is 2.77. The predicted octanol–water partition coefficient (Wildman–Crippen LogP) is 1.27. The molecule has 0 aromatic rings. The van der Waals surface area contributed by atoms with Gasteiger partial charge >= 0.3 is 11.9 Å². The lowest BCUT2D eigenvalue weighted by atomic mass is 9.76. The second-order valence-corrected chi connectivity index (χ2v) is 3.62. The molecule has 1 aliphatic rings. The van der Waals surface area contributed by atoms with Crippen molar-refractivity contribution in [3.05, 3.63) is 11.6 Å². The molecule has 0 spiro atoms. The van der Waals surface area contributed by atoms with Crippen LogP contribution in [0.1, 0.15) is 26.2 Å². The van der Waals surface area contributed by atoms with Gasteiger partial charge in [0.25, 0.3) is 0 Å². The van der Waals surface area contributed by atoms with Gasteiger partial charge in [-0.1, -0.05) is 6.08 Å². The minimum absolute atomic E-state index is 0.123. The summed E-state index contributed by atoms with van der Waals surface area (Å²) in [5, 5.41) is 17.6. The third kappa shape index (κ3) is 1.88. The number of hydrogen-bond acceptors (Lipinski definition) is 2. The van der Waals surface area contributed by atoms with Gasteiger partial charge in [0, 0.05) is 5.57 Å². The third-order valence-corrected chi connectivity index (χ3v) is 2.46. The normalized spacial score (nSPS) is 27.9. The molecule has 0 heterocycles. The fraction of sp³-hybridized carbons (Fsp3) is 0.556. The second-order valence-electron chi connectivity index (χ2n) is 3.62. The van der Waals surface area contributed by atoms with Crippen LogP contribution in [-0.4, -0.2) is 22.2 Å². The van der Waals surface area contributed by atoms with Crippen LogP contribution < -0.4 is 0 Å². The molecule has 1 unspecified atom stereocenters. The smallest absolute Gasteiger partial charge is 0.331 e. The summed E-state index contributed by atoms with van der Waals surface area (Å²) in [5.41, 5.74) is -0.682. The first-order valence-electron chi connectivity index (χ1n) is 4.11. The van der Waals surface area contributed by atoms with E-state index in [1.807, 2.05) is 0 Å². The standard InChI is InChI=1S/C9H12O4/c1-9(8(12)13)4-2-3-6(5-9)7(10)11/h3H,2,4-5H2,1H3,(H,10,11)(H,12,13). The van der Waals surface area contributed by atoms with Crippen molar-refractivity contribution in [1.82, 2.24) is 0 Å². The predicted molar refractivity (Wildman–Crippen MR) is 45.3 cm³/mol. The fourth-order valence-corrected chi connectivity index (χ4v) is 1.49. The van der Waals surface area contributed by atoms with Crippen LogP contribution in [0.4, 0.5) is 0 Å². The summed E-state index contributed by atoms with van der Waals surface area (Å²) in [6, 6.07) is 0. The van der Waals surface area contributed by atoms with E-state index in [1.165, 1.54) is 0 Å². The SMILES string of the molecule is CC1(C(=O)O)CCC=C(C(=O)O)C1.